The van der Waals surface area contributed by atoms with Gasteiger partial charge in [-0.05, 0) is 45.3 Å². The molecule has 2 unspecified atom stereocenters. The number of carbonyl (C=O) groups excluding carboxylic acids is 1. The average molecular weight is 225 g/mol. The summed E-state index contributed by atoms with van der Waals surface area (Å²) in [6.45, 7) is 4.24. The largest absolute Gasteiger partial charge is 0.344 e. The third-order valence-corrected chi connectivity index (χ3v) is 3.88. The van der Waals surface area contributed by atoms with Crippen molar-refractivity contribution in [3.05, 3.63) is 0 Å². The molecule has 2 fully saturated rings. The third-order valence-electron chi connectivity index (χ3n) is 3.88. The highest BCUT2D eigenvalue weighted by Crippen LogP contribution is 2.18. The third kappa shape index (κ3) is 2.55. The first-order valence-electron chi connectivity index (χ1n) is 6.34. The molecule has 92 valence electrons. The van der Waals surface area contributed by atoms with Gasteiger partial charge in [-0.3, -0.25) is 9.69 Å². The number of hydrogen-bond donors (Lipinski definition) is 1. The van der Waals surface area contributed by atoms with Crippen LogP contribution in [0.1, 0.15) is 19.3 Å². The Morgan fingerprint density at radius 1 is 1.50 bits per heavy atom. The highest BCUT2D eigenvalue weighted by atomic mass is 16.2. The van der Waals surface area contributed by atoms with Crippen LogP contribution in [-0.4, -0.2) is 62.0 Å². The van der Waals surface area contributed by atoms with Crippen molar-refractivity contribution in [1.29, 1.82) is 0 Å². The average Bonchev–Trinajstić information content (AvgIpc) is 2.61. The van der Waals surface area contributed by atoms with Gasteiger partial charge in [-0.2, -0.15) is 0 Å². The number of nitrogens with one attached hydrogen (secondary N) is 1. The van der Waals surface area contributed by atoms with Gasteiger partial charge in [0.25, 0.3) is 0 Å². The molecule has 4 nitrogen and oxygen atoms in total. The summed E-state index contributed by atoms with van der Waals surface area (Å²) in [4.78, 5) is 16.0. The summed E-state index contributed by atoms with van der Waals surface area (Å²) in [5, 5.41) is 3.43. The van der Waals surface area contributed by atoms with E-state index in [1.165, 1.54) is 12.8 Å². The number of likely N-dealkylation sites (tertiary alicyclic amines) is 1. The minimum absolute atomic E-state index is 0.131. The van der Waals surface area contributed by atoms with E-state index in [1.807, 2.05) is 11.9 Å². The summed E-state index contributed by atoms with van der Waals surface area (Å²) in [6, 6.07) is 0.131. The van der Waals surface area contributed by atoms with Crippen LogP contribution in [-0.2, 0) is 4.79 Å². The second-order valence-electron chi connectivity index (χ2n) is 5.22. The lowest BCUT2D eigenvalue weighted by Gasteiger charge is -2.30. The fraction of sp³-hybridized carbons (Fsp3) is 0.917. The van der Waals surface area contributed by atoms with Gasteiger partial charge >= 0.3 is 0 Å². The quantitative estimate of drug-likeness (QED) is 0.742. The Labute approximate surface area is 98.0 Å². The molecule has 4 heteroatoms. The van der Waals surface area contributed by atoms with Gasteiger partial charge in [-0.15, -0.1) is 0 Å². The molecule has 2 aliphatic rings. The topological polar surface area (TPSA) is 35.6 Å². The molecule has 0 aromatic heterocycles. The molecule has 0 spiro atoms. The zero-order valence-electron chi connectivity index (χ0n) is 10.4. The number of rotatable bonds is 3. The smallest absolute Gasteiger partial charge is 0.239 e. The maximum absolute atomic E-state index is 11.9. The molecule has 1 amide bonds. The first-order valence-corrected chi connectivity index (χ1v) is 6.34. The molecule has 2 aliphatic heterocycles. The van der Waals surface area contributed by atoms with Crippen LogP contribution in [0.4, 0.5) is 0 Å². The van der Waals surface area contributed by atoms with Crippen LogP contribution in [0, 0.1) is 5.92 Å². The first-order chi connectivity index (χ1) is 7.68. The molecule has 2 rings (SSSR count). The van der Waals surface area contributed by atoms with Crippen molar-refractivity contribution >= 4 is 5.91 Å². The molecule has 0 saturated carbocycles. The predicted octanol–water partition coefficient (Wildman–Crippen LogP) is 0.149. The lowest BCUT2D eigenvalue weighted by atomic mass is 9.98. The first kappa shape index (κ1) is 11.9. The van der Waals surface area contributed by atoms with E-state index in [-0.39, 0.29) is 6.04 Å². The highest BCUT2D eigenvalue weighted by molar-refractivity contribution is 5.83. The molecule has 0 aromatic carbocycles. The van der Waals surface area contributed by atoms with Crippen LogP contribution in [0.2, 0.25) is 0 Å². The number of nitrogens with zero attached hydrogens (tertiary/aromatic N) is 2. The maximum atomic E-state index is 11.9. The van der Waals surface area contributed by atoms with E-state index in [0.717, 1.165) is 38.5 Å². The van der Waals surface area contributed by atoms with Crippen LogP contribution in [0.15, 0.2) is 0 Å². The molecule has 2 atom stereocenters. The van der Waals surface area contributed by atoms with Crippen molar-refractivity contribution < 1.29 is 4.79 Å². The van der Waals surface area contributed by atoms with Gasteiger partial charge in [0.2, 0.25) is 5.91 Å². The fourth-order valence-electron chi connectivity index (χ4n) is 2.83. The summed E-state index contributed by atoms with van der Waals surface area (Å²) in [7, 11) is 3.99. The minimum atomic E-state index is 0.131. The van der Waals surface area contributed by atoms with Crippen molar-refractivity contribution in [2.75, 3.05) is 40.3 Å². The predicted molar refractivity (Wildman–Crippen MR) is 64.3 cm³/mol. The van der Waals surface area contributed by atoms with Crippen molar-refractivity contribution in [3.8, 4) is 0 Å². The van der Waals surface area contributed by atoms with Crippen molar-refractivity contribution in [1.82, 2.24) is 15.1 Å². The van der Waals surface area contributed by atoms with Crippen molar-refractivity contribution in [3.63, 3.8) is 0 Å². The Bertz CT molecular complexity index is 251. The SMILES string of the molecule is CN1CCC(N(C)CC2CCCNC2)C1=O. The van der Waals surface area contributed by atoms with Gasteiger partial charge in [-0.25, -0.2) is 0 Å². The Hall–Kier alpha value is -0.610. The van der Waals surface area contributed by atoms with Crippen LogP contribution in [0.25, 0.3) is 0 Å². The Kier molecular flexibility index (Phi) is 3.82. The van der Waals surface area contributed by atoms with E-state index in [9.17, 15) is 4.79 Å². The standard InChI is InChI=1S/C12H23N3O/c1-14-7-5-11(12(14)16)15(2)9-10-4-3-6-13-8-10/h10-11,13H,3-9H2,1-2H3. The molecular formula is C12H23N3O. The van der Waals surface area contributed by atoms with Crippen molar-refractivity contribution in [2.24, 2.45) is 5.92 Å². The summed E-state index contributed by atoms with van der Waals surface area (Å²) < 4.78 is 0. The van der Waals surface area contributed by atoms with Crippen molar-refractivity contribution in [2.45, 2.75) is 25.3 Å². The normalized spacial score (nSPS) is 31.4. The molecule has 2 heterocycles. The van der Waals surface area contributed by atoms with E-state index >= 15 is 0 Å². The summed E-state index contributed by atoms with van der Waals surface area (Å²) in [5.41, 5.74) is 0. The van der Waals surface area contributed by atoms with E-state index in [1.54, 1.807) is 0 Å². The molecule has 2 saturated heterocycles. The van der Waals surface area contributed by atoms with Gasteiger partial charge in [0.05, 0.1) is 6.04 Å². The molecule has 0 radical (unpaired) electrons. The molecular weight excluding hydrogens is 202 g/mol. The molecule has 0 aliphatic carbocycles. The van der Waals surface area contributed by atoms with E-state index in [4.69, 9.17) is 0 Å². The maximum Gasteiger partial charge on any atom is 0.239 e. The molecule has 1 N–H and O–H groups in total. The monoisotopic (exact) mass is 225 g/mol. The summed E-state index contributed by atoms with van der Waals surface area (Å²) >= 11 is 0. The fourth-order valence-corrected chi connectivity index (χ4v) is 2.83. The number of likely N-dealkylation sites (N-methyl/N-ethyl adjacent to an activating group) is 2. The number of amides is 1. The lowest BCUT2D eigenvalue weighted by Crippen LogP contribution is -2.44. The van der Waals surface area contributed by atoms with Crippen LogP contribution in [0.3, 0.4) is 0 Å². The Morgan fingerprint density at radius 3 is 2.88 bits per heavy atom. The second-order valence-corrected chi connectivity index (χ2v) is 5.22. The number of piperidine rings is 1. The van der Waals surface area contributed by atoms with Gasteiger partial charge in [0.1, 0.15) is 0 Å². The van der Waals surface area contributed by atoms with Crippen LogP contribution < -0.4 is 5.32 Å². The van der Waals surface area contributed by atoms with E-state index in [0.29, 0.717) is 5.91 Å². The summed E-state index contributed by atoms with van der Waals surface area (Å²) in [5.74, 6) is 1.02. The Balaban J connectivity index is 1.82. The second kappa shape index (κ2) is 5.15. The summed E-state index contributed by atoms with van der Waals surface area (Å²) in [6.07, 6.45) is 3.57. The van der Waals surface area contributed by atoms with E-state index < -0.39 is 0 Å². The van der Waals surface area contributed by atoms with Crippen LogP contribution >= 0.6 is 0 Å². The van der Waals surface area contributed by atoms with Gasteiger partial charge < -0.3 is 10.2 Å². The zero-order valence-corrected chi connectivity index (χ0v) is 10.4. The van der Waals surface area contributed by atoms with Gasteiger partial charge in [0.15, 0.2) is 0 Å². The van der Waals surface area contributed by atoms with Gasteiger partial charge in [-0.1, -0.05) is 0 Å². The van der Waals surface area contributed by atoms with Gasteiger partial charge in [0, 0.05) is 20.1 Å². The molecule has 0 aromatic rings. The Morgan fingerprint density at radius 2 is 2.31 bits per heavy atom. The lowest BCUT2D eigenvalue weighted by molar-refractivity contribution is -0.130. The van der Waals surface area contributed by atoms with E-state index in [2.05, 4.69) is 17.3 Å². The highest BCUT2D eigenvalue weighted by Gasteiger charge is 2.33. The zero-order chi connectivity index (χ0) is 11.5. The minimum Gasteiger partial charge on any atom is -0.344 e. The number of hydrogen-bond acceptors (Lipinski definition) is 3. The van der Waals surface area contributed by atoms with Crippen LogP contribution in [0.5, 0.6) is 0 Å². The molecule has 16 heavy (non-hydrogen) atoms. The number of carbonyl (C=O) groups is 1. The molecule has 0 bridgehead atoms.